The first-order chi connectivity index (χ1) is 17.9. The monoisotopic (exact) mass is 510 g/mol. The van der Waals surface area contributed by atoms with Crippen LogP contribution in [0.4, 0.5) is 5.69 Å². The van der Waals surface area contributed by atoms with Gasteiger partial charge in [0.15, 0.2) is 0 Å². The van der Waals surface area contributed by atoms with Gasteiger partial charge >= 0.3 is 0 Å². The van der Waals surface area contributed by atoms with Gasteiger partial charge in [0.05, 0.1) is 0 Å². The molecule has 0 aromatic heterocycles. The number of likely N-dealkylation sites (tertiary alicyclic amines) is 1. The lowest BCUT2D eigenvalue weighted by atomic mass is 9.88. The van der Waals surface area contributed by atoms with Crippen LogP contribution in [-0.4, -0.2) is 78.9 Å². The van der Waals surface area contributed by atoms with Crippen molar-refractivity contribution in [3.05, 3.63) is 29.8 Å². The lowest BCUT2D eigenvalue weighted by molar-refractivity contribution is -0.133. The summed E-state index contributed by atoms with van der Waals surface area (Å²) in [5.74, 6) is 1.27. The maximum atomic E-state index is 13.7. The van der Waals surface area contributed by atoms with Crippen LogP contribution >= 0.6 is 0 Å². The molecule has 2 fully saturated rings. The molecule has 3 aliphatic rings. The molecule has 4 rings (SSSR count). The number of hydrogen-bond donors (Lipinski definition) is 0. The van der Waals surface area contributed by atoms with Crippen LogP contribution in [0.3, 0.4) is 0 Å². The lowest BCUT2D eigenvalue weighted by Gasteiger charge is -2.39. The minimum atomic E-state index is 0.187. The standard InChI is InChI=1S/C31H50N4O2/c1-25(2)22-31(37)35-17-9-16-32(3)20-21-34(24-27-10-7-8-13-29(27)35)30(36)23-26-14-18-33(19-15-26)28-11-5-4-6-12-28/h7-8,10,13,25-26,28H,4-6,9,11-12,14-24H2,1-3H3. The second-order valence-electron chi connectivity index (χ2n) is 12.2. The van der Waals surface area contributed by atoms with Gasteiger partial charge in [0.2, 0.25) is 11.8 Å². The first-order valence-electron chi connectivity index (χ1n) is 15.0. The molecule has 1 saturated heterocycles. The number of anilines is 1. The van der Waals surface area contributed by atoms with E-state index in [1.807, 2.05) is 17.0 Å². The van der Waals surface area contributed by atoms with Crippen LogP contribution in [0.5, 0.6) is 0 Å². The van der Waals surface area contributed by atoms with Crippen LogP contribution in [-0.2, 0) is 16.1 Å². The molecule has 2 heterocycles. The van der Waals surface area contributed by atoms with E-state index in [0.29, 0.717) is 31.2 Å². The molecule has 0 unspecified atom stereocenters. The summed E-state index contributed by atoms with van der Waals surface area (Å²) in [4.78, 5) is 36.0. The SMILES string of the molecule is CC(C)CC(=O)N1CCCN(C)CCN(C(=O)CC2CCN(C3CCCCC3)CC2)Cc2ccccc21. The number of para-hydroxylation sites is 1. The Balaban J connectivity index is 1.44. The first kappa shape index (κ1) is 28.1. The summed E-state index contributed by atoms with van der Waals surface area (Å²) < 4.78 is 0. The predicted octanol–water partition coefficient (Wildman–Crippen LogP) is 5.16. The predicted molar refractivity (Wildman–Crippen MR) is 152 cm³/mol. The molecule has 0 spiro atoms. The number of carbonyl (C=O) groups is 2. The number of hydrogen-bond acceptors (Lipinski definition) is 4. The molecule has 1 saturated carbocycles. The number of benzene rings is 1. The summed E-state index contributed by atoms with van der Waals surface area (Å²) in [6.07, 6.45) is 11.3. The Bertz CT molecular complexity index is 874. The number of piperidine rings is 1. The van der Waals surface area contributed by atoms with Gasteiger partial charge in [-0.15, -0.1) is 0 Å². The highest BCUT2D eigenvalue weighted by molar-refractivity contribution is 5.94. The van der Waals surface area contributed by atoms with Crippen molar-refractivity contribution in [1.29, 1.82) is 0 Å². The number of fused-ring (bicyclic) bond motifs is 1. The van der Waals surface area contributed by atoms with E-state index < -0.39 is 0 Å². The van der Waals surface area contributed by atoms with Crippen molar-refractivity contribution in [3.63, 3.8) is 0 Å². The zero-order chi connectivity index (χ0) is 26.2. The lowest BCUT2D eigenvalue weighted by Crippen LogP contribution is -2.43. The number of amides is 2. The summed E-state index contributed by atoms with van der Waals surface area (Å²) in [6.45, 7) is 10.3. The molecule has 0 radical (unpaired) electrons. The summed E-state index contributed by atoms with van der Waals surface area (Å²) in [5, 5.41) is 0. The van der Waals surface area contributed by atoms with Crippen LogP contribution in [0.15, 0.2) is 24.3 Å². The van der Waals surface area contributed by atoms with Gasteiger partial charge in [-0.3, -0.25) is 9.59 Å². The molecule has 1 aliphatic carbocycles. The van der Waals surface area contributed by atoms with Crippen LogP contribution < -0.4 is 4.90 Å². The van der Waals surface area contributed by atoms with E-state index in [1.54, 1.807) is 0 Å². The van der Waals surface area contributed by atoms with E-state index >= 15 is 0 Å². The zero-order valence-corrected chi connectivity index (χ0v) is 23.7. The molecule has 2 amide bonds. The maximum absolute atomic E-state index is 13.7. The molecule has 37 heavy (non-hydrogen) atoms. The van der Waals surface area contributed by atoms with Crippen LogP contribution in [0.2, 0.25) is 0 Å². The molecule has 1 aromatic carbocycles. The summed E-state index contributed by atoms with van der Waals surface area (Å²) >= 11 is 0. The quantitative estimate of drug-likeness (QED) is 0.549. The Hall–Kier alpha value is -1.92. The summed E-state index contributed by atoms with van der Waals surface area (Å²) in [6, 6.07) is 9.02. The molecule has 0 bridgehead atoms. The van der Waals surface area contributed by atoms with Crippen molar-refractivity contribution >= 4 is 17.5 Å². The van der Waals surface area contributed by atoms with E-state index in [1.165, 1.54) is 32.1 Å². The molecule has 6 nitrogen and oxygen atoms in total. The molecule has 6 heteroatoms. The Labute approximate surface area is 225 Å². The van der Waals surface area contributed by atoms with Crippen LogP contribution in [0, 0.1) is 11.8 Å². The molecule has 0 atom stereocenters. The second kappa shape index (κ2) is 13.7. The van der Waals surface area contributed by atoms with Gasteiger partial charge in [0.1, 0.15) is 0 Å². The van der Waals surface area contributed by atoms with Crippen molar-refractivity contribution in [2.75, 3.05) is 51.2 Å². The number of likely N-dealkylation sites (N-methyl/N-ethyl adjacent to an activating group) is 1. The van der Waals surface area contributed by atoms with E-state index in [4.69, 9.17) is 0 Å². The highest BCUT2D eigenvalue weighted by Crippen LogP contribution is 2.30. The van der Waals surface area contributed by atoms with E-state index in [2.05, 4.69) is 47.7 Å². The molecular weight excluding hydrogens is 460 g/mol. The Morgan fingerprint density at radius 1 is 0.838 bits per heavy atom. The third-order valence-electron chi connectivity index (χ3n) is 8.76. The highest BCUT2D eigenvalue weighted by atomic mass is 16.2. The number of carbonyl (C=O) groups excluding carboxylic acids is 2. The number of rotatable bonds is 5. The smallest absolute Gasteiger partial charge is 0.227 e. The highest BCUT2D eigenvalue weighted by Gasteiger charge is 2.29. The van der Waals surface area contributed by atoms with Gasteiger partial charge in [-0.05, 0) is 82.3 Å². The van der Waals surface area contributed by atoms with E-state index in [9.17, 15) is 9.59 Å². The van der Waals surface area contributed by atoms with Gasteiger partial charge in [-0.1, -0.05) is 51.3 Å². The second-order valence-corrected chi connectivity index (χ2v) is 12.2. The fourth-order valence-corrected chi connectivity index (χ4v) is 6.49. The number of nitrogens with zero attached hydrogens (tertiary/aromatic N) is 4. The average Bonchev–Trinajstić information content (AvgIpc) is 2.92. The van der Waals surface area contributed by atoms with Gasteiger partial charge in [0.25, 0.3) is 0 Å². The normalized spacial score (nSPS) is 22.1. The van der Waals surface area contributed by atoms with Gasteiger partial charge in [-0.25, -0.2) is 0 Å². The summed E-state index contributed by atoms with van der Waals surface area (Å²) in [5.41, 5.74) is 2.07. The largest absolute Gasteiger partial charge is 0.337 e. The molecular formula is C31H50N4O2. The minimum Gasteiger partial charge on any atom is -0.337 e. The molecule has 2 aliphatic heterocycles. The Morgan fingerprint density at radius 3 is 2.30 bits per heavy atom. The fraction of sp³-hybridized carbons (Fsp3) is 0.742. The van der Waals surface area contributed by atoms with Gasteiger partial charge in [0, 0.05) is 50.7 Å². The van der Waals surface area contributed by atoms with Crippen molar-refractivity contribution < 1.29 is 9.59 Å². The van der Waals surface area contributed by atoms with Crippen molar-refractivity contribution in [2.45, 2.75) is 90.6 Å². The minimum absolute atomic E-state index is 0.187. The third-order valence-corrected chi connectivity index (χ3v) is 8.76. The third kappa shape index (κ3) is 8.03. The molecule has 206 valence electrons. The van der Waals surface area contributed by atoms with Gasteiger partial charge in [-0.2, -0.15) is 0 Å². The van der Waals surface area contributed by atoms with Crippen molar-refractivity contribution in [2.24, 2.45) is 11.8 Å². The first-order valence-corrected chi connectivity index (χ1v) is 15.0. The average molecular weight is 511 g/mol. The zero-order valence-electron chi connectivity index (χ0n) is 23.7. The Kier molecular flexibility index (Phi) is 10.4. The van der Waals surface area contributed by atoms with E-state index in [0.717, 1.165) is 75.8 Å². The van der Waals surface area contributed by atoms with Crippen molar-refractivity contribution in [1.82, 2.24) is 14.7 Å². The topological polar surface area (TPSA) is 47.1 Å². The molecule has 0 N–H and O–H groups in total. The van der Waals surface area contributed by atoms with Crippen LogP contribution in [0.25, 0.3) is 0 Å². The maximum Gasteiger partial charge on any atom is 0.227 e. The summed E-state index contributed by atoms with van der Waals surface area (Å²) in [7, 11) is 2.13. The Morgan fingerprint density at radius 2 is 1.57 bits per heavy atom. The fourth-order valence-electron chi connectivity index (χ4n) is 6.49. The molecule has 1 aromatic rings. The van der Waals surface area contributed by atoms with Crippen LogP contribution in [0.1, 0.15) is 83.6 Å². The van der Waals surface area contributed by atoms with E-state index in [-0.39, 0.29) is 11.8 Å². The van der Waals surface area contributed by atoms with Crippen molar-refractivity contribution in [3.8, 4) is 0 Å². The van der Waals surface area contributed by atoms with Gasteiger partial charge < -0.3 is 19.6 Å².